The molecule has 0 aliphatic heterocycles. The predicted octanol–water partition coefficient (Wildman–Crippen LogP) is 1.92. The summed E-state index contributed by atoms with van der Waals surface area (Å²) in [5, 5.41) is 3.01. The molecule has 3 nitrogen and oxygen atoms in total. The number of hydrogen-bond donors (Lipinski definition) is 2. The molecule has 106 valence electrons. The maximum atomic E-state index is 12.0. The number of hydrogen-bond acceptors (Lipinski definition) is 2. The van der Waals surface area contributed by atoms with E-state index in [9.17, 15) is 4.79 Å². The average molecular weight is 270 g/mol. The molecule has 0 unspecified atom stereocenters. The molecule has 1 aromatic rings. The Morgan fingerprint density at radius 1 is 1.15 bits per heavy atom. The SMILES string of the molecule is CC1(C)C(N)C(C)(C)C1NC(=O)C#Cc1ccccc1. The van der Waals surface area contributed by atoms with Crippen molar-refractivity contribution in [1.29, 1.82) is 0 Å². The highest BCUT2D eigenvalue weighted by Crippen LogP contribution is 2.52. The van der Waals surface area contributed by atoms with Gasteiger partial charge in [0.1, 0.15) is 0 Å². The third-order valence-electron chi connectivity index (χ3n) is 4.46. The molecule has 1 aromatic carbocycles. The molecule has 1 saturated carbocycles. The Balaban J connectivity index is 2.05. The quantitative estimate of drug-likeness (QED) is 0.766. The second-order valence-electron chi connectivity index (χ2n) is 6.64. The topological polar surface area (TPSA) is 55.1 Å². The van der Waals surface area contributed by atoms with E-state index < -0.39 is 0 Å². The van der Waals surface area contributed by atoms with Crippen LogP contribution in [0.5, 0.6) is 0 Å². The number of nitrogens with one attached hydrogen (secondary N) is 1. The van der Waals surface area contributed by atoms with Gasteiger partial charge >= 0.3 is 0 Å². The van der Waals surface area contributed by atoms with Gasteiger partial charge < -0.3 is 11.1 Å². The summed E-state index contributed by atoms with van der Waals surface area (Å²) in [6.07, 6.45) is 0. The van der Waals surface area contributed by atoms with Crippen molar-refractivity contribution in [2.45, 2.75) is 39.8 Å². The van der Waals surface area contributed by atoms with E-state index in [0.29, 0.717) is 0 Å². The van der Waals surface area contributed by atoms with E-state index in [1.54, 1.807) is 0 Å². The normalized spacial score (nSPS) is 25.9. The fourth-order valence-electron chi connectivity index (χ4n) is 3.37. The van der Waals surface area contributed by atoms with E-state index in [4.69, 9.17) is 5.73 Å². The van der Waals surface area contributed by atoms with Gasteiger partial charge in [-0.2, -0.15) is 0 Å². The Kier molecular flexibility index (Phi) is 3.62. The highest BCUT2D eigenvalue weighted by molar-refractivity contribution is 5.94. The van der Waals surface area contributed by atoms with Crippen molar-refractivity contribution in [2.24, 2.45) is 16.6 Å². The van der Waals surface area contributed by atoms with Crippen molar-refractivity contribution in [3.05, 3.63) is 35.9 Å². The molecule has 0 atom stereocenters. The minimum Gasteiger partial charge on any atom is -0.341 e. The summed E-state index contributed by atoms with van der Waals surface area (Å²) in [4.78, 5) is 12.0. The maximum absolute atomic E-state index is 12.0. The van der Waals surface area contributed by atoms with Crippen LogP contribution in [0, 0.1) is 22.7 Å². The van der Waals surface area contributed by atoms with Crippen LogP contribution in [0.1, 0.15) is 33.3 Å². The molecule has 3 heteroatoms. The van der Waals surface area contributed by atoms with Crippen LogP contribution in [0.2, 0.25) is 0 Å². The molecule has 0 heterocycles. The van der Waals surface area contributed by atoms with Gasteiger partial charge in [0, 0.05) is 34.4 Å². The molecule has 0 saturated heterocycles. The summed E-state index contributed by atoms with van der Waals surface area (Å²) < 4.78 is 0. The monoisotopic (exact) mass is 270 g/mol. The standard InChI is InChI=1S/C17H22N2O/c1-16(2)14(18)17(3,4)15(16)19-13(20)11-10-12-8-6-5-7-9-12/h5-9,14-15H,18H2,1-4H3,(H,19,20). The number of carbonyl (C=O) groups excluding carboxylic acids is 1. The van der Waals surface area contributed by atoms with E-state index in [-0.39, 0.29) is 28.8 Å². The molecule has 3 N–H and O–H groups in total. The number of carbonyl (C=O) groups is 1. The predicted molar refractivity (Wildman–Crippen MR) is 80.8 cm³/mol. The number of rotatable bonds is 1. The first-order valence-electron chi connectivity index (χ1n) is 6.89. The highest BCUT2D eigenvalue weighted by Gasteiger charge is 2.60. The lowest BCUT2D eigenvalue weighted by atomic mass is 9.48. The number of benzene rings is 1. The summed E-state index contributed by atoms with van der Waals surface area (Å²) in [7, 11) is 0. The third kappa shape index (κ3) is 2.44. The van der Waals surface area contributed by atoms with E-state index in [1.807, 2.05) is 30.3 Å². The molecular weight excluding hydrogens is 248 g/mol. The highest BCUT2D eigenvalue weighted by atomic mass is 16.1. The molecule has 1 aliphatic rings. The second kappa shape index (κ2) is 4.96. The summed E-state index contributed by atoms with van der Waals surface area (Å²) in [5.74, 6) is 5.27. The molecule has 1 fully saturated rings. The van der Waals surface area contributed by atoms with Crippen molar-refractivity contribution in [2.75, 3.05) is 0 Å². The summed E-state index contributed by atoms with van der Waals surface area (Å²) >= 11 is 0. The smallest absolute Gasteiger partial charge is 0.296 e. The lowest BCUT2D eigenvalue weighted by molar-refractivity contribution is -0.126. The van der Waals surface area contributed by atoms with Crippen LogP contribution < -0.4 is 11.1 Å². The Morgan fingerprint density at radius 3 is 2.25 bits per heavy atom. The molecule has 1 amide bonds. The van der Waals surface area contributed by atoms with E-state index in [0.717, 1.165) is 5.56 Å². The van der Waals surface area contributed by atoms with Gasteiger partial charge in [0.25, 0.3) is 5.91 Å². The van der Waals surface area contributed by atoms with Crippen molar-refractivity contribution in [3.8, 4) is 11.8 Å². The zero-order valence-corrected chi connectivity index (χ0v) is 12.5. The Hall–Kier alpha value is -1.79. The molecular formula is C17H22N2O. The average Bonchev–Trinajstić information content (AvgIpc) is 2.42. The van der Waals surface area contributed by atoms with Gasteiger partial charge in [-0.1, -0.05) is 51.8 Å². The van der Waals surface area contributed by atoms with Crippen LogP contribution in [-0.2, 0) is 4.79 Å². The summed E-state index contributed by atoms with van der Waals surface area (Å²) in [6, 6.07) is 9.61. The molecule has 2 rings (SSSR count). The molecule has 1 aliphatic carbocycles. The first kappa shape index (κ1) is 14.6. The summed E-state index contributed by atoms with van der Waals surface area (Å²) in [5.41, 5.74) is 6.81. The lowest BCUT2D eigenvalue weighted by Gasteiger charge is -2.62. The van der Waals surface area contributed by atoms with Gasteiger partial charge in [0.15, 0.2) is 0 Å². The molecule has 0 radical (unpaired) electrons. The van der Waals surface area contributed by atoms with Crippen molar-refractivity contribution >= 4 is 5.91 Å². The van der Waals surface area contributed by atoms with Gasteiger partial charge in [0.05, 0.1) is 0 Å². The van der Waals surface area contributed by atoms with Gasteiger partial charge in [0.2, 0.25) is 0 Å². The van der Waals surface area contributed by atoms with Gasteiger partial charge in [-0.25, -0.2) is 0 Å². The van der Waals surface area contributed by atoms with Crippen molar-refractivity contribution in [3.63, 3.8) is 0 Å². The fourth-order valence-corrected chi connectivity index (χ4v) is 3.37. The first-order valence-corrected chi connectivity index (χ1v) is 6.89. The lowest BCUT2D eigenvalue weighted by Crippen LogP contribution is -2.76. The zero-order valence-electron chi connectivity index (χ0n) is 12.5. The van der Waals surface area contributed by atoms with Crippen molar-refractivity contribution in [1.82, 2.24) is 5.32 Å². The third-order valence-corrected chi connectivity index (χ3v) is 4.46. The molecule has 0 aromatic heterocycles. The zero-order chi connectivity index (χ0) is 15.0. The van der Waals surface area contributed by atoms with Crippen LogP contribution in [0.25, 0.3) is 0 Å². The maximum Gasteiger partial charge on any atom is 0.296 e. The molecule has 0 spiro atoms. The summed E-state index contributed by atoms with van der Waals surface area (Å²) in [6.45, 7) is 8.33. The number of amides is 1. The molecule has 20 heavy (non-hydrogen) atoms. The fraction of sp³-hybridized carbons (Fsp3) is 0.471. The largest absolute Gasteiger partial charge is 0.341 e. The van der Waals surface area contributed by atoms with E-state index in [2.05, 4.69) is 44.9 Å². The first-order chi connectivity index (χ1) is 9.26. The van der Waals surface area contributed by atoms with Crippen LogP contribution in [0.4, 0.5) is 0 Å². The van der Waals surface area contributed by atoms with Crippen LogP contribution in [0.3, 0.4) is 0 Å². The number of nitrogens with two attached hydrogens (primary N) is 1. The minimum absolute atomic E-state index is 0.0440. The second-order valence-corrected chi connectivity index (χ2v) is 6.64. The molecule has 0 bridgehead atoms. The Morgan fingerprint density at radius 2 is 1.70 bits per heavy atom. The van der Waals surface area contributed by atoms with Crippen LogP contribution in [-0.4, -0.2) is 18.0 Å². The van der Waals surface area contributed by atoms with Gasteiger partial charge in [-0.15, -0.1) is 0 Å². The van der Waals surface area contributed by atoms with Crippen molar-refractivity contribution < 1.29 is 4.79 Å². The van der Waals surface area contributed by atoms with Gasteiger partial charge in [-0.3, -0.25) is 4.79 Å². The Labute approximate surface area is 120 Å². The minimum atomic E-state index is -0.244. The van der Waals surface area contributed by atoms with Crippen LogP contribution in [0.15, 0.2) is 30.3 Å². The van der Waals surface area contributed by atoms with Gasteiger partial charge in [-0.05, 0) is 12.1 Å². The Bertz CT molecular complexity index is 548. The van der Waals surface area contributed by atoms with Crippen LogP contribution >= 0.6 is 0 Å². The van der Waals surface area contributed by atoms with E-state index >= 15 is 0 Å². The van der Waals surface area contributed by atoms with E-state index in [1.165, 1.54) is 0 Å².